The SMILES string of the molecule is CCCCOc1cccc(CC(OC(N)=O)c2ccccc2)c1. The minimum Gasteiger partial charge on any atom is -0.494 e. The Bertz CT molecular complexity index is 613. The average molecular weight is 313 g/mol. The zero-order valence-electron chi connectivity index (χ0n) is 13.4. The summed E-state index contributed by atoms with van der Waals surface area (Å²) in [7, 11) is 0. The lowest BCUT2D eigenvalue weighted by molar-refractivity contribution is 0.106. The van der Waals surface area contributed by atoms with E-state index in [2.05, 4.69) is 6.92 Å². The second kappa shape index (κ2) is 8.83. The quantitative estimate of drug-likeness (QED) is 0.741. The zero-order valence-corrected chi connectivity index (χ0v) is 13.4. The van der Waals surface area contributed by atoms with Gasteiger partial charge in [-0.3, -0.25) is 0 Å². The number of primary amides is 1. The van der Waals surface area contributed by atoms with Crippen molar-refractivity contribution in [1.29, 1.82) is 0 Å². The van der Waals surface area contributed by atoms with E-state index in [1.165, 1.54) is 0 Å². The third-order valence-corrected chi connectivity index (χ3v) is 3.52. The molecule has 23 heavy (non-hydrogen) atoms. The van der Waals surface area contributed by atoms with Gasteiger partial charge in [-0.05, 0) is 29.7 Å². The van der Waals surface area contributed by atoms with Crippen LogP contribution in [0, 0.1) is 0 Å². The van der Waals surface area contributed by atoms with Crippen LogP contribution in [0.4, 0.5) is 4.79 Å². The van der Waals surface area contributed by atoms with Crippen molar-refractivity contribution in [2.24, 2.45) is 5.73 Å². The van der Waals surface area contributed by atoms with E-state index in [4.69, 9.17) is 15.2 Å². The van der Waals surface area contributed by atoms with Crippen LogP contribution in [0.3, 0.4) is 0 Å². The highest BCUT2D eigenvalue weighted by Crippen LogP contribution is 2.24. The first-order chi connectivity index (χ1) is 11.2. The van der Waals surface area contributed by atoms with E-state index in [-0.39, 0.29) is 0 Å². The van der Waals surface area contributed by atoms with Gasteiger partial charge >= 0.3 is 6.09 Å². The van der Waals surface area contributed by atoms with Gasteiger partial charge in [-0.15, -0.1) is 0 Å². The van der Waals surface area contributed by atoms with E-state index in [0.29, 0.717) is 13.0 Å². The highest BCUT2D eigenvalue weighted by Gasteiger charge is 2.16. The summed E-state index contributed by atoms with van der Waals surface area (Å²) >= 11 is 0. The van der Waals surface area contributed by atoms with Crippen LogP contribution in [0.25, 0.3) is 0 Å². The summed E-state index contributed by atoms with van der Waals surface area (Å²) < 4.78 is 11.0. The Hall–Kier alpha value is -2.49. The number of carbonyl (C=O) groups excluding carboxylic acids is 1. The molecule has 1 atom stereocenters. The van der Waals surface area contributed by atoms with Gasteiger partial charge in [0.25, 0.3) is 0 Å². The molecular weight excluding hydrogens is 290 g/mol. The van der Waals surface area contributed by atoms with Crippen molar-refractivity contribution in [2.75, 3.05) is 6.61 Å². The normalized spacial score (nSPS) is 11.7. The number of hydrogen-bond acceptors (Lipinski definition) is 3. The van der Waals surface area contributed by atoms with E-state index in [1.54, 1.807) is 0 Å². The van der Waals surface area contributed by atoms with Crippen molar-refractivity contribution in [3.8, 4) is 5.75 Å². The summed E-state index contributed by atoms with van der Waals surface area (Å²) in [4.78, 5) is 11.2. The van der Waals surface area contributed by atoms with Crippen LogP contribution in [-0.2, 0) is 11.2 Å². The van der Waals surface area contributed by atoms with Crippen molar-refractivity contribution in [3.63, 3.8) is 0 Å². The number of hydrogen-bond donors (Lipinski definition) is 1. The number of rotatable bonds is 8. The molecule has 0 bridgehead atoms. The minimum absolute atomic E-state index is 0.403. The molecule has 0 saturated heterocycles. The number of nitrogens with two attached hydrogens (primary N) is 1. The molecule has 4 nitrogen and oxygen atoms in total. The summed E-state index contributed by atoms with van der Waals surface area (Å²) in [6, 6.07) is 17.5. The maximum atomic E-state index is 11.2. The molecule has 0 aliphatic carbocycles. The molecule has 2 aromatic carbocycles. The Labute approximate surface area is 137 Å². The molecule has 122 valence electrons. The van der Waals surface area contributed by atoms with Crippen LogP contribution in [0.1, 0.15) is 37.0 Å². The number of benzene rings is 2. The molecule has 0 radical (unpaired) electrons. The maximum absolute atomic E-state index is 11.2. The van der Waals surface area contributed by atoms with Crippen LogP contribution < -0.4 is 10.5 Å². The molecule has 0 fully saturated rings. The zero-order chi connectivity index (χ0) is 16.5. The predicted octanol–water partition coefficient (Wildman–Crippen LogP) is 4.24. The largest absolute Gasteiger partial charge is 0.494 e. The molecule has 2 rings (SSSR count). The summed E-state index contributed by atoms with van der Waals surface area (Å²) in [6.07, 6.45) is 1.51. The summed E-state index contributed by atoms with van der Waals surface area (Å²) in [6.45, 7) is 2.84. The minimum atomic E-state index is -0.769. The molecule has 2 aromatic rings. The molecule has 1 unspecified atom stereocenters. The lowest BCUT2D eigenvalue weighted by Crippen LogP contribution is -2.19. The van der Waals surface area contributed by atoms with Gasteiger partial charge in [0.1, 0.15) is 11.9 Å². The number of carbonyl (C=O) groups is 1. The van der Waals surface area contributed by atoms with Gasteiger partial charge in [-0.25, -0.2) is 4.79 Å². The first-order valence-electron chi connectivity index (χ1n) is 7.92. The first-order valence-corrected chi connectivity index (χ1v) is 7.92. The fraction of sp³-hybridized carbons (Fsp3) is 0.316. The van der Waals surface area contributed by atoms with Crippen LogP contribution >= 0.6 is 0 Å². The van der Waals surface area contributed by atoms with Crippen LogP contribution in [0.15, 0.2) is 54.6 Å². The Kier molecular flexibility index (Phi) is 6.48. The Balaban J connectivity index is 2.10. The monoisotopic (exact) mass is 313 g/mol. The Morgan fingerprint density at radius 1 is 1.13 bits per heavy atom. The van der Waals surface area contributed by atoms with E-state index < -0.39 is 12.2 Å². The predicted molar refractivity (Wildman–Crippen MR) is 90.4 cm³/mol. The van der Waals surface area contributed by atoms with Crippen molar-refractivity contribution in [3.05, 3.63) is 65.7 Å². The smallest absolute Gasteiger partial charge is 0.405 e. The average Bonchev–Trinajstić information content (AvgIpc) is 2.55. The first kappa shape index (κ1) is 16.9. The van der Waals surface area contributed by atoms with E-state index in [0.717, 1.165) is 29.7 Å². The number of unbranched alkanes of at least 4 members (excludes halogenated alkanes) is 1. The number of ether oxygens (including phenoxy) is 2. The van der Waals surface area contributed by atoms with Crippen LogP contribution in [0.5, 0.6) is 5.75 Å². The van der Waals surface area contributed by atoms with Crippen molar-refractivity contribution in [1.82, 2.24) is 0 Å². The molecule has 4 heteroatoms. The van der Waals surface area contributed by atoms with Gasteiger partial charge in [-0.1, -0.05) is 55.8 Å². The van der Waals surface area contributed by atoms with Gasteiger partial charge in [0.2, 0.25) is 0 Å². The van der Waals surface area contributed by atoms with Crippen molar-refractivity contribution < 1.29 is 14.3 Å². The van der Waals surface area contributed by atoms with E-state index >= 15 is 0 Å². The van der Waals surface area contributed by atoms with Gasteiger partial charge < -0.3 is 15.2 Å². The van der Waals surface area contributed by atoms with Gasteiger partial charge in [0.05, 0.1) is 6.61 Å². The number of amides is 1. The third-order valence-electron chi connectivity index (χ3n) is 3.52. The standard InChI is InChI=1S/C19H23NO3/c1-2-3-12-22-17-11-7-8-15(13-17)14-18(23-19(20)21)16-9-5-4-6-10-16/h4-11,13,18H,2-3,12,14H2,1H3,(H2,20,21). The van der Waals surface area contributed by atoms with Gasteiger partial charge in [0.15, 0.2) is 0 Å². The third kappa shape index (κ3) is 5.66. The molecular formula is C19H23NO3. The molecule has 0 spiro atoms. The van der Waals surface area contributed by atoms with Crippen molar-refractivity contribution >= 4 is 6.09 Å². The van der Waals surface area contributed by atoms with Crippen LogP contribution in [0.2, 0.25) is 0 Å². The van der Waals surface area contributed by atoms with E-state index in [1.807, 2.05) is 54.6 Å². The second-order valence-electron chi connectivity index (χ2n) is 5.39. The highest BCUT2D eigenvalue weighted by atomic mass is 16.6. The molecule has 0 aliphatic rings. The van der Waals surface area contributed by atoms with E-state index in [9.17, 15) is 4.79 Å². The van der Waals surface area contributed by atoms with Gasteiger partial charge in [-0.2, -0.15) is 0 Å². The Morgan fingerprint density at radius 2 is 1.91 bits per heavy atom. The molecule has 2 N–H and O–H groups in total. The highest BCUT2D eigenvalue weighted by molar-refractivity contribution is 5.65. The molecule has 0 aliphatic heterocycles. The van der Waals surface area contributed by atoms with Gasteiger partial charge in [0, 0.05) is 6.42 Å². The maximum Gasteiger partial charge on any atom is 0.405 e. The molecule has 0 aromatic heterocycles. The second-order valence-corrected chi connectivity index (χ2v) is 5.39. The fourth-order valence-electron chi connectivity index (χ4n) is 2.35. The summed E-state index contributed by atoms with van der Waals surface area (Å²) in [5, 5.41) is 0. The molecule has 1 amide bonds. The summed E-state index contributed by atoms with van der Waals surface area (Å²) in [5.41, 5.74) is 7.17. The molecule has 0 heterocycles. The lowest BCUT2D eigenvalue weighted by atomic mass is 10.0. The fourth-order valence-corrected chi connectivity index (χ4v) is 2.35. The summed E-state index contributed by atoms with van der Waals surface area (Å²) in [5.74, 6) is 0.835. The van der Waals surface area contributed by atoms with Crippen molar-refractivity contribution in [2.45, 2.75) is 32.3 Å². The Morgan fingerprint density at radius 3 is 2.61 bits per heavy atom. The molecule has 0 saturated carbocycles. The lowest BCUT2D eigenvalue weighted by Gasteiger charge is -2.17. The topological polar surface area (TPSA) is 61.6 Å². The van der Waals surface area contributed by atoms with Crippen LogP contribution in [-0.4, -0.2) is 12.7 Å².